The number of carbonyl (C=O) groups excluding carboxylic acids is 1. The number of piperidine rings is 1. The van der Waals surface area contributed by atoms with E-state index >= 15 is 0 Å². The molecule has 1 aromatic rings. The number of esters is 1. The van der Waals surface area contributed by atoms with Crippen LogP contribution >= 0.6 is 0 Å². The summed E-state index contributed by atoms with van der Waals surface area (Å²) in [6.07, 6.45) is 3.42. The minimum atomic E-state index is -0.600. The fourth-order valence-electron chi connectivity index (χ4n) is 2.44. The number of hydrogen-bond acceptors (Lipinski definition) is 8. The molecule has 0 amide bonds. The molecule has 1 atom stereocenters. The van der Waals surface area contributed by atoms with Crippen LogP contribution in [0.2, 0.25) is 0 Å². The summed E-state index contributed by atoms with van der Waals surface area (Å²) in [5.41, 5.74) is -0.337. The molecule has 114 valence electrons. The van der Waals surface area contributed by atoms with Crippen molar-refractivity contribution in [3.05, 3.63) is 16.4 Å². The third-order valence-corrected chi connectivity index (χ3v) is 3.39. The first-order valence-corrected chi connectivity index (χ1v) is 6.48. The molecule has 2 heterocycles. The standard InChI is InChI=1S/C12H16N4O5/c1-20-11-9(16(18)19)10(13-7-14-11)15-6-4-3-5-8(15)12(17)21-2/h7-8H,3-6H2,1-2H3. The molecule has 1 saturated heterocycles. The van der Waals surface area contributed by atoms with Gasteiger partial charge in [-0.15, -0.1) is 0 Å². The number of carbonyl (C=O) groups is 1. The van der Waals surface area contributed by atoms with Crippen LogP contribution < -0.4 is 9.64 Å². The van der Waals surface area contributed by atoms with Crippen molar-refractivity contribution in [3.63, 3.8) is 0 Å². The highest BCUT2D eigenvalue weighted by molar-refractivity contribution is 5.81. The SMILES string of the molecule is COC(=O)C1CCCCN1c1ncnc(OC)c1[N+](=O)[O-]. The number of anilines is 1. The summed E-state index contributed by atoms with van der Waals surface area (Å²) < 4.78 is 9.70. The lowest BCUT2D eigenvalue weighted by Gasteiger charge is -2.34. The van der Waals surface area contributed by atoms with Gasteiger partial charge in [0, 0.05) is 6.54 Å². The molecule has 0 aromatic carbocycles. The monoisotopic (exact) mass is 296 g/mol. The molecule has 1 aliphatic heterocycles. The number of aromatic nitrogens is 2. The predicted octanol–water partition coefficient (Wildman–Crippen LogP) is 0.925. The second kappa shape index (κ2) is 6.33. The molecule has 9 heteroatoms. The zero-order valence-electron chi connectivity index (χ0n) is 11.8. The largest absolute Gasteiger partial charge is 0.476 e. The van der Waals surface area contributed by atoms with Crippen LogP contribution in [-0.4, -0.2) is 47.7 Å². The highest BCUT2D eigenvalue weighted by atomic mass is 16.6. The molecule has 2 rings (SSSR count). The van der Waals surface area contributed by atoms with Gasteiger partial charge in [0.15, 0.2) is 0 Å². The van der Waals surface area contributed by atoms with Crippen LogP contribution in [0.15, 0.2) is 6.33 Å². The van der Waals surface area contributed by atoms with Crippen molar-refractivity contribution in [1.82, 2.24) is 9.97 Å². The van der Waals surface area contributed by atoms with Gasteiger partial charge in [0.2, 0.25) is 5.82 Å². The Kier molecular flexibility index (Phi) is 4.51. The molecule has 0 aliphatic carbocycles. The molecule has 1 unspecified atom stereocenters. The number of methoxy groups -OCH3 is 2. The average Bonchev–Trinajstić information content (AvgIpc) is 2.53. The summed E-state index contributed by atoms with van der Waals surface area (Å²) in [5, 5.41) is 11.3. The third-order valence-electron chi connectivity index (χ3n) is 3.39. The number of hydrogen-bond donors (Lipinski definition) is 0. The van der Waals surface area contributed by atoms with Crippen molar-refractivity contribution in [2.24, 2.45) is 0 Å². The lowest BCUT2D eigenvalue weighted by atomic mass is 10.0. The van der Waals surface area contributed by atoms with Gasteiger partial charge in [-0.25, -0.2) is 9.78 Å². The fourth-order valence-corrected chi connectivity index (χ4v) is 2.44. The second-order valence-corrected chi connectivity index (χ2v) is 4.54. The lowest BCUT2D eigenvalue weighted by Crippen LogP contribution is -2.46. The van der Waals surface area contributed by atoms with Gasteiger partial charge in [0.05, 0.1) is 19.1 Å². The minimum absolute atomic E-state index is 0.0851. The Morgan fingerprint density at radius 1 is 1.43 bits per heavy atom. The maximum absolute atomic E-state index is 11.9. The summed E-state index contributed by atoms with van der Waals surface area (Å²) >= 11 is 0. The van der Waals surface area contributed by atoms with Crippen molar-refractivity contribution in [2.75, 3.05) is 25.7 Å². The molecule has 0 radical (unpaired) electrons. The Morgan fingerprint density at radius 2 is 2.19 bits per heavy atom. The Bertz CT molecular complexity index is 550. The molecular weight excluding hydrogens is 280 g/mol. The number of nitrogens with zero attached hydrogens (tertiary/aromatic N) is 4. The van der Waals surface area contributed by atoms with Gasteiger partial charge >= 0.3 is 11.7 Å². The zero-order chi connectivity index (χ0) is 15.4. The number of nitro groups is 1. The van der Waals surface area contributed by atoms with Gasteiger partial charge in [-0.1, -0.05) is 0 Å². The molecule has 9 nitrogen and oxygen atoms in total. The first kappa shape index (κ1) is 14.9. The molecule has 1 fully saturated rings. The highest BCUT2D eigenvalue weighted by Crippen LogP contribution is 2.36. The second-order valence-electron chi connectivity index (χ2n) is 4.54. The zero-order valence-corrected chi connectivity index (χ0v) is 11.8. The van der Waals surface area contributed by atoms with Crippen LogP contribution in [0.25, 0.3) is 0 Å². The smallest absolute Gasteiger partial charge is 0.372 e. The Morgan fingerprint density at radius 3 is 2.81 bits per heavy atom. The van der Waals surface area contributed by atoms with E-state index < -0.39 is 16.9 Å². The van der Waals surface area contributed by atoms with E-state index in [4.69, 9.17) is 9.47 Å². The summed E-state index contributed by atoms with van der Waals surface area (Å²) in [6.45, 7) is 0.487. The fraction of sp³-hybridized carbons (Fsp3) is 0.583. The van der Waals surface area contributed by atoms with Gasteiger partial charge in [0.25, 0.3) is 5.88 Å². The van der Waals surface area contributed by atoms with E-state index in [9.17, 15) is 14.9 Å². The molecular formula is C12H16N4O5. The quantitative estimate of drug-likeness (QED) is 0.458. The maximum Gasteiger partial charge on any atom is 0.372 e. The van der Waals surface area contributed by atoms with Crippen molar-refractivity contribution in [1.29, 1.82) is 0 Å². The Labute approximate surface area is 121 Å². The van der Waals surface area contributed by atoms with E-state index in [1.54, 1.807) is 4.90 Å². The molecule has 21 heavy (non-hydrogen) atoms. The normalized spacial score (nSPS) is 18.2. The van der Waals surface area contributed by atoms with Crippen molar-refractivity contribution in [3.8, 4) is 5.88 Å². The molecule has 0 N–H and O–H groups in total. The van der Waals surface area contributed by atoms with Crippen LogP contribution in [0.3, 0.4) is 0 Å². The van der Waals surface area contributed by atoms with E-state index in [1.807, 2.05) is 0 Å². The number of rotatable bonds is 4. The van der Waals surface area contributed by atoms with Gasteiger partial charge in [-0.2, -0.15) is 4.98 Å². The topological polar surface area (TPSA) is 108 Å². The molecule has 1 aliphatic rings. The number of ether oxygens (including phenoxy) is 2. The molecule has 1 aromatic heterocycles. The average molecular weight is 296 g/mol. The summed E-state index contributed by atoms with van der Waals surface area (Å²) in [5.74, 6) is -0.470. The van der Waals surface area contributed by atoms with Gasteiger partial charge in [0.1, 0.15) is 12.4 Å². The lowest BCUT2D eigenvalue weighted by molar-refractivity contribution is -0.385. The van der Waals surface area contributed by atoms with Crippen molar-refractivity contribution < 1.29 is 19.2 Å². The van der Waals surface area contributed by atoms with E-state index in [2.05, 4.69) is 9.97 Å². The van der Waals surface area contributed by atoms with E-state index in [0.717, 1.165) is 12.8 Å². The minimum Gasteiger partial charge on any atom is -0.476 e. The van der Waals surface area contributed by atoms with E-state index in [1.165, 1.54) is 20.5 Å². The summed E-state index contributed by atoms with van der Waals surface area (Å²) in [7, 11) is 2.59. The maximum atomic E-state index is 11.9. The third kappa shape index (κ3) is 2.86. The van der Waals surface area contributed by atoms with Gasteiger partial charge < -0.3 is 14.4 Å². The van der Waals surface area contributed by atoms with Crippen molar-refractivity contribution in [2.45, 2.75) is 25.3 Å². The first-order valence-electron chi connectivity index (χ1n) is 6.48. The van der Waals surface area contributed by atoms with E-state index in [0.29, 0.717) is 13.0 Å². The van der Waals surface area contributed by atoms with Crippen molar-refractivity contribution >= 4 is 17.5 Å². The van der Waals surface area contributed by atoms with Crippen LogP contribution in [0.1, 0.15) is 19.3 Å². The Balaban J connectivity index is 2.48. The summed E-state index contributed by atoms with van der Waals surface area (Å²) in [6, 6.07) is -0.581. The van der Waals surface area contributed by atoms with Crippen LogP contribution in [0, 0.1) is 10.1 Å². The summed E-state index contributed by atoms with van der Waals surface area (Å²) in [4.78, 5) is 31.9. The molecule has 0 bridgehead atoms. The van der Waals surface area contributed by atoms with Crippen LogP contribution in [0.4, 0.5) is 11.5 Å². The first-order chi connectivity index (χ1) is 10.1. The molecule has 0 saturated carbocycles. The van der Waals surface area contributed by atoms with Crippen LogP contribution in [0.5, 0.6) is 5.88 Å². The van der Waals surface area contributed by atoms with Gasteiger partial charge in [-0.05, 0) is 19.3 Å². The molecule has 0 spiro atoms. The van der Waals surface area contributed by atoms with Crippen LogP contribution in [-0.2, 0) is 9.53 Å². The van der Waals surface area contributed by atoms with Gasteiger partial charge in [-0.3, -0.25) is 10.1 Å². The van der Waals surface area contributed by atoms with E-state index in [-0.39, 0.29) is 17.4 Å². The highest BCUT2D eigenvalue weighted by Gasteiger charge is 2.36. The predicted molar refractivity (Wildman–Crippen MR) is 72.2 cm³/mol. The Hall–Kier alpha value is -2.45.